The molecular formula is C24H17Cl2NO2. The molecule has 3 aromatic rings. The summed E-state index contributed by atoms with van der Waals surface area (Å²) in [5, 5.41) is 0.754. The average Bonchev–Trinajstić information content (AvgIpc) is 3.34. The summed E-state index contributed by atoms with van der Waals surface area (Å²) in [6.07, 6.45) is 0.759. The van der Waals surface area contributed by atoms with Gasteiger partial charge >= 0.3 is 0 Å². The van der Waals surface area contributed by atoms with Crippen LogP contribution in [-0.2, 0) is 15.0 Å². The van der Waals surface area contributed by atoms with Crippen LogP contribution in [0.2, 0.25) is 10.0 Å². The van der Waals surface area contributed by atoms with E-state index in [2.05, 4.69) is 0 Å². The van der Waals surface area contributed by atoms with Gasteiger partial charge in [-0.1, -0.05) is 83.9 Å². The molecule has 2 fully saturated rings. The van der Waals surface area contributed by atoms with E-state index in [1.807, 2.05) is 60.7 Å². The maximum atomic E-state index is 13.7. The van der Waals surface area contributed by atoms with Crippen molar-refractivity contribution in [2.75, 3.05) is 4.90 Å². The Bertz CT molecular complexity index is 1090. The number of anilines is 1. The Morgan fingerprint density at radius 1 is 0.793 bits per heavy atom. The fraction of sp³-hybridized carbons (Fsp3) is 0.167. The first-order chi connectivity index (χ1) is 14.0. The zero-order chi connectivity index (χ0) is 20.2. The van der Waals surface area contributed by atoms with Gasteiger partial charge in [-0.3, -0.25) is 9.59 Å². The summed E-state index contributed by atoms with van der Waals surface area (Å²) in [4.78, 5) is 28.0. The van der Waals surface area contributed by atoms with E-state index in [4.69, 9.17) is 23.2 Å². The van der Waals surface area contributed by atoms with Crippen LogP contribution in [0.5, 0.6) is 0 Å². The van der Waals surface area contributed by atoms with E-state index >= 15 is 0 Å². The fourth-order valence-corrected chi connectivity index (χ4v) is 5.39. The van der Waals surface area contributed by atoms with Crippen LogP contribution in [0.1, 0.15) is 24.0 Å². The smallest absolute Gasteiger partial charge is 0.241 e. The van der Waals surface area contributed by atoms with Crippen LogP contribution in [-0.4, -0.2) is 11.8 Å². The Morgan fingerprint density at radius 2 is 1.38 bits per heavy atom. The highest BCUT2D eigenvalue weighted by Crippen LogP contribution is 2.72. The van der Waals surface area contributed by atoms with Crippen molar-refractivity contribution in [3.05, 3.63) is 100 Å². The molecule has 0 aromatic heterocycles. The van der Waals surface area contributed by atoms with Gasteiger partial charge in [-0.25, -0.2) is 4.90 Å². The average molecular weight is 422 g/mol. The minimum absolute atomic E-state index is 0.161. The SMILES string of the molecule is O=C1C[C@]2(CC2(c2ccccc2)c2ccccc2)C(=O)N1c1ccc(Cl)cc1Cl. The van der Waals surface area contributed by atoms with E-state index in [9.17, 15) is 9.59 Å². The third kappa shape index (κ3) is 2.51. The standard InChI is InChI=1S/C24H17Cl2NO2/c25-18-11-12-20(19(26)13-18)27-21(28)14-23(22(27)29)15-24(23,16-7-3-1-4-8-16)17-9-5-2-6-10-17/h1-13H,14-15H2/t23-/m0/s1. The molecule has 2 aliphatic rings. The van der Waals surface area contributed by atoms with Gasteiger partial charge in [-0.15, -0.1) is 0 Å². The molecule has 5 heteroatoms. The third-order valence-electron chi connectivity index (χ3n) is 6.26. The minimum Gasteiger partial charge on any atom is -0.274 e. The van der Waals surface area contributed by atoms with Gasteiger partial charge in [0.25, 0.3) is 0 Å². The number of carbonyl (C=O) groups excluding carboxylic acids is 2. The molecule has 29 heavy (non-hydrogen) atoms. The summed E-state index contributed by atoms with van der Waals surface area (Å²) in [5.74, 6) is -0.424. The topological polar surface area (TPSA) is 37.4 Å². The fourth-order valence-electron chi connectivity index (χ4n) is 4.90. The van der Waals surface area contributed by atoms with Gasteiger partial charge in [0.05, 0.1) is 16.1 Å². The van der Waals surface area contributed by atoms with Crippen molar-refractivity contribution in [2.24, 2.45) is 5.41 Å². The van der Waals surface area contributed by atoms with Gasteiger partial charge in [0.1, 0.15) is 0 Å². The first-order valence-electron chi connectivity index (χ1n) is 9.43. The molecule has 1 spiro atoms. The summed E-state index contributed by atoms with van der Waals surface area (Å²) in [6, 6.07) is 24.8. The molecule has 0 N–H and O–H groups in total. The molecule has 0 radical (unpaired) electrons. The molecule has 144 valence electrons. The number of hydrogen-bond donors (Lipinski definition) is 0. The third-order valence-corrected chi connectivity index (χ3v) is 6.80. The van der Waals surface area contributed by atoms with E-state index in [0.29, 0.717) is 22.2 Å². The molecule has 3 aromatic carbocycles. The summed E-state index contributed by atoms with van der Waals surface area (Å²) < 4.78 is 0. The number of imide groups is 1. The molecule has 0 unspecified atom stereocenters. The van der Waals surface area contributed by atoms with Crippen molar-refractivity contribution in [3.8, 4) is 0 Å². The lowest BCUT2D eigenvalue weighted by molar-refractivity contribution is -0.123. The van der Waals surface area contributed by atoms with E-state index in [-0.39, 0.29) is 18.2 Å². The molecule has 1 heterocycles. The van der Waals surface area contributed by atoms with Crippen LogP contribution in [0.4, 0.5) is 5.69 Å². The maximum Gasteiger partial charge on any atom is 0.241 e. The Morgan fingerprint density at radius 3 is 1.93 bits per heavy atom. The highest BCUT2D eigenvalue weighted by atomic mass is 35.5. The predicted molar refractivity (Wildman–Crippen MR) is 114 cm³/mol. The Hall–Kier alpha value is -2.62. The zero-order valence-electron chi connectivity index (χ0n) is 15.4. The number of amides is 2. The largest absolute Gasteiger partial charge is 0.274 e. The number of benzene rings is 3. The van der Waals surface area contributed by atoms with Gasteiger partial charge in [0.15, 0.2) is 0 Å². The van der Waals surface area contributed by atoms with Crippen LogP contribution < -0.4 is 4.90 Å². The summed E-state index contributed by atoms with van der Waals surface area (Å²) in [5.41, 5.74) is 1.18. The normalized spacial score (nSPS) is 22.3. The lowest BCUT2D eigenvalue weighted by atomic mass is 9.79. The quantitative estimate of drug-likeness (QED) is 0.513. The number of carbonyl (C=O) groups is 2. The zero-order valence-corrected chi connectivity index (χ0v) is 17.0. The molecule has 1 aliphatic heterocycles. The lowest BCUT2D eigenvalue weighted by Gasteiger charge is -2.23. The molecular weight excluding hydrogens is 405 g/mol. The summed E-state index contributed by atoms with van der Waals surface area (Å²) >= 11 is 12.3. The Kier molecular flexibility index (Phi) is 4.09. The number of halogens is 2. The first kappa shape index (κ1) is 18.4. The highest BCUT2D eigenvalue weighted by Gasteiger charge is 2.77. The predicted octanol–water partition coefficient (Wildman–Crippen LogP) is 5.63. The van der Waals surface area contributed by atoms with Gasteiger partial charge < -0.3 is 0 Å². The van der Waals surface area contributed by atoms with Crippen molar-refractivity contribution >= 4 is 40.7 Å². The molecule has 5 rings (SSSR count). The molecule has 2 amide bonds. The monoisotopic (exact) mass is 421 g/mol. The van der Waals surface area contributed by atoms with E-state index in [1.165, 1.54) is 4.90 Å². The van der Waals surface area contributed by atoms with Gasteiger partial charge in [0.2, 0.25) is 11.8 Å². The van der Waals surface area contributed by atoms with Crippen LogP contribution in [0.15, 0.2) is 78.9 Å². The van der Waals surface area contributed by atoms with Crippen LogP contribution >= 0.6 is 23.2 Å². The molecule has 3 nitrogen and oxygen atoms in total. The second-order valence-corrected chi connectivity index (χ2v) is 8.55. The van der Waals surface area contributed by atoms with E-state index in [0.717, 1.165) is 11.1 Å². The molecule has 1 saturated heterocycles. The number of rotatable bonds is 3. The second-order valence-electron chi connectivity index (χ2n) is 7.70. The molecule has 1 atom stereocenters. The van der Waals surface area contributed by atoms with Crippen LogP contribution in [0.25, 0.3) is 0 Å². The maximum absolute atomic E-state index is 13.7. The minimum atomic E-state index is -0.796. The van der Waals surface area contributed by atoms with Gasteiger partial charge in [-0.2, -0.15) is 0 Å². The van der Waals surface area contributed by atoms with E-state index in [1.54, 1.807) is 18.2 Å². The van der Waals surface area contributed by atoms with Gasteiger partial charge in [-0.05, 0) is 35.7 Å². The van der Waals surface area contributed by atoms with Crippen molar-refractivity contribution in [3.63, 3.8) is 0 Å². The summed E-state index contributed by atoms with van der Waals surface area (Å²) in [6.45, 7) is 0. The Labute approximate surface area is 178 Å². The number of nitrogens with zero attached hydrogens (tertiary/aromatic N) is 1. The van der Waals surface area contributed by atoms with Crippen molar-refractivity contribution < 1.29 is 9.59 Å². The Balaban J connectivity index is 1.64. The van der Waals surface area contributed by atoms with Crippen molar-refractivity contribution in [2.45, 2.75) is 18.3 Å². The summed E-state index contributed by atoms with van der Waals surface area (Å²) in [7, 11) is 0. The molecule has 1 aliphatic carbocycles. The van der Waals surface area contributed by atoms with Gasteiger partial charge in [0, 0.05) is 16.9 Å². The second kappa shape index (κ2) is 6.45. The first-order valence-corrected chi connectivity index (χ1v) is 10.2. The molecule has 0 bridgehead atoms. The van der Waals surface area contributed by atoms with Crippen LogP contribution in [0.3, 0.4) is 0 Å². The van der Waals surface area contributed by atoms with Crippen molar-refractivity contribution in [1.29, 1.82) is 0 Å². The number of hydrogen-bond acceptors (Lipinski definition) is 2. The highest BCUT2D eigenvalue weighted by molar-refractivity contribution is 6.38. The van der Waals surface area contributed by atoms with E-state index < -0.39 is 10.8 Å². The molecule has 1 saturated carbocycles. The van der Waals surface area contributed by atoms with Crippen LogP contribution in [0, 0.1) is 5.41 Å². The lowest BCUT2D eigenvalue weighted by Crippen LogP contribution is -2.34. The van der Waals surface area contributed by atoms with Crippen molar-refractivity contribution in [1.82, 2.24) is 0 Å².